The van der Waals surface area contributed by atoms with Gasteiger partial charge in [0.15, 0.2) is 0 Å². The SMILES string of the molecule is O=C(Cc1csc(-c2cccc(F)c2)n1)Nc1cc(C(F)(F)F)ccc1N1CCCC1. The number of hydrogen-bond acceptors (Lipinski definition) is 4. The summed E-state index contributed by atoms with van der Waals surface area (Å²) in [6.45, 7) is 1.47. The van der Waals surface area contributed by atoms with Gasteiger partial charge in [-0.2, -0.15) is 13.2 Å². The summed E-state index contributed by atoms with van der Waals surface area (Å²) in [5.41, 5.74) is 0.981. The van der Waals surface area contributed by atoms with E-state index in [0.29, 0.717) is 22.0 Å². The van der Waals surface area contributed by atoms with Gasteiger partial charge in [0, 0.05) is 24.0 Å². The highest BCUT2D eigenvalue weighted by Crippen LogP contribution is 2.36. The Bertz CT molecular complexity index is 1090. The van der Waals surface area contributed by atoms with Crippen molar-refractivity contribution in [2.45, 2.75) is 25.4 Å². The zero-order valence-electron chi connectivity index (χ0n) is 16.4. The zero-order valence-corrected chi connectivity index (χ0v) is 17.2. The van der Waals surface area contributed by atoms with E-state index >= 15 is 0 Å². The molecular weight excluding hydrogens is 430 g/mol. The minimum atomic E-state index is -4.50. The fourth-order valence-corrected chi connectivity index (χ4v) is 4.36. The molecule has 4 rings (SSSR count). The lowest BCUT2D eigenvalue weighted by Crippen LogP contribution is -2.22. The largest absolute Gasteiger partial charge is 0.416 e. The molecule has 1 N–H and O–H groups in total. The van der Waals surface area contributed by atoms with Crippen LogP contribution >= 0.6 is 11.3 Å². The number of alkyl halides is 3. The van der Waals surface area contributed by atoms with Crippen LogP contribution in [0, 0.1) is 5.82 Å². The second-order valence-corrected chi connectivity index (χ2v) is 8.16. The van der Waals surface area contributed by atoms with E-state index in [0.717, 1.165) is 38.1 Å². The molecule has 2 heterocycles. The lowest BCUT2D eigenvalue weighted by molar-refractivity contribution is -0.137. The van der Waals surface area contributed by atoms with Gasteiger partial charge in [0.1, 0.15) is 10.8 Å². The Morgan fingerprint density at radius 2 is 1.90 bits per heavy atom. The number of aromatic nitrogens is 1. The lowest BCUT2D eigenvalue weighted by Gasteiger charge is -2.23. The number of nitrogens with zero attached hydrogens (tertiary/aromatic N) is 2. The smallest absolute Gasteiger partial charge is 0.370 e. The van der Waals surface area contributed by atoms with Crippen LogP contribution in [0.2, 0.25) is 0 Å². The molecular formula is C22H19F4N3OS. The average Bonchev–Trinajstić information content (AvgIpc) is 3.39. The third-order valence-corrected chi connectivity index (χ3v) is 5.95. The maximum atomic E-state index is 13.4. The predicted molar refractivity (Wildman–Crippen MR) is 113 cm³/mol. The van der Waals surface area contributed by atoms with E-state index in [1.54, 1.807) is 17.5 Å². The van der Waals surface area contributed by atoms with Gasteiger partial charge in [0.05, 0.1) is 29.1 Å². The van der Waals surface area contributed by atoms with Crippen LogP contribution in [-0.4, -0.2) is 24.0 Å². The summed E-state index contributed by atoms with van der Waals surface area (Å²) in [4.78, 5) is 18.9. The molecule has 0 radical (unpaired) electrons. The van der Waals surface area contributed by atoms with Crippen molar-refractivity contribution in [2.75, 3.05) is 23.3 Å². The first-order valence-corrected chi connectivity index (χ1v) is 10.6. The molecule has 0 unspecified atom stereocenters. The number of nitrogens with one attached hydrogen (secondary N) is 1. The van der Waals surface area contributed by atoms with Crippen LogP contribution in [0.5, 0.6) is 0 Å². The number of carbonyl (C=O) groups is 1. The van der Waals surface area contributed by atoms with Gasteiger partial charge in [0.25, 0.3) is 0 Å². The number of rotatable bonds is 5. The van der Waals surface area contributed by atoms with Gasteiger partial charge >= 0.3 is 6.18 Å². The Labute approximate surface area is 180 Å². The molecule has 0 aliphatic carbocycles. The van der Waals surface area contributed by atoms with Crippen LogP contribution in [0.3, 0.4) is 0 Å². The first kappa shape index (κ1) is 21.3. The van der Waals surface area contributed by atoms with Gasteiger partial charge in [0.2, 0.25) is 5.91 Å². The van der Waals surface area contributed by atoms with E-state index in [9.17, 15) is 22.4 Å². The Balaban J connectivity index is 1.52. The summed E-state index contributed by atoms with van der Waals surface area (Å²) in [5, 5.41) is 4.89. The molecule has 1 fully saturated rings. The molecule has 1 aliphatic rings. The van der Waals surface area contributed by atoms with E-state index < -0.39 is 17.6 Å². The Morgan fingerprint density at radius 3 is 2.61 bits per heavy atom. The molecule has 1 aliphatic heterocycles. The normalized spacial score (nSPS) is 14.1. The summed E-state index contributed by atoms with van der Waals surface area (Å²) in [7, 11) is 0. The maximum Gasteiger partial charge on any atom is 0.416 e. The van der Waals surface area contributed by atoms with E-state index in [1.165, 1.54) is 29.5 Å². The van der Waals surface area contributed by atoms with Crippen molar-refractivity contribution in [2.24, 2.45) is 0 Å². The Morgan fingerprint density at radius 1 is 1.13 bits per heavy atom. The number of hydrogen-bond donors (Lipinski definition) is 1. The molecule has 0 bridgehead atoms. The molecule has 162 valence electrons. The standard InChI is InChI=1S/C22H19F4N3OS/c23-16-5-3-4-14(10-16)21-27-17(13-31-21)12-20(30)28-18-11-15(22(24,25)26)6-7-19(18)29-8-1-2-9-29/h3-7,10-11,13H,1-2,8-9,12H2,(H,28,30). The van der Waals surface area contributed by atoms with Crippen LogP contribution in [0.15, 0.2) is 47.8 Å². The minimum absolute atomic E-state index is 0.0957. The molecule has 0 atom stereocenters. The van der Waals surface area contributed by atoms with Gasteiger partial charge < -0.3 is 10.2 Å². The summed E-state index contributed by atoms with van der Waals surface area (Å²) in [5.74, 6) is -0.846. The third kappa shape index (κ3) is 5.04. The fourth-order valence-electron chi connectivity index (χ4n) is 3.55. The molecule has 1 aromatic heterocycles. The molecule has 3 aromatic rings. The molecule has 1 amide bonds. The van der Waals surface area contributed by atoms with Gasteiger partial charge in [-0.15, -0.1) is 11.3 Å². The molecule has 0 spiro atoms. The van der Waals surface area contributed by atoms with Crippen molar-refractivity contribution in [1.29, 1.82) is 0 Å². The number of benzene rings is 2. The highest BCUT2D eigenvalue weighted by Gasteiger charge is 2.32. The van der Waals surface area contributed by atoms with Crippen LogP contribution < -0.4 is 10.2 Å². The monoisotopic (exact) mass is 449 g/mol. The van der Waals surface area contributed by atoms with Crippen LogP contribution in [0.25, 0.3) is 10.6 Å². The topological polar surface area (TPSA) is 45.2 Å². The number of thiazole rings is 1. The van der Waals surface area contributed by atoms with Crippen LogP contribution in [0.1, 0.15) is 24.1 Å². The Kier molecular flexibility index (Phi) is 5.95. The van der Waals surface area contributed by atoms with Gasteiger partial charge in [-0.25, -0.2) is 9.37 Å². The Hall–Kier alpha value is -2.94. The quantitative estimate of drug-likeness (QED) is 0.505. The molecule has 4 nitrogen and oxygen atoms in total. The van der Waals surface area contributed by atoms with Crippen LogP contribution in [0.4, 0.5) is 28.9 Å². The van der Waals surface area contributed by atoms with E-state index in [2.05, 4.69) is 10.3 Å². The predicted octanol–water partition coefficient (Wildman–Crippen LogP) is 5.75. The van der Waals surface area contributed by atoms with Gasteiger partial charge in [-0.3, -0.25) is 4.79 Å². The lowest BCUT2D eigenvalue weighted by atomic mass is 10.1. The summed E-state index contributed by atoms with van der Waals surface area (Å²) in [6.07, 6.45) is -2.69. The highest BCUT2D eigenvalue weighted by atomic mass is 32.1. The number of amides is 1. The fraction of sp³-hybridized carbons (Fsp3) is 0.273. The minimum Gasteiger partial charge on any atom is -0.370 e. The number of halogens is 4. The van der Waals surface area contributed by atoms with Crippen molar-refractivity contribution in [1.82, 2.24) is 4.98 Å². The van der Waals surface area contributed by atoms with E-state index in [4.69, 9.17) is 0 Å². The number of anilines is 2. The molecule has 0 saturated carbocycles. The molecule has 31 heavy (non-hydrogen) atoms. The molecule has 1 saturated heterocycles. The highest BCUT2D eigenvalue weighted by molar-refractivity contribution is 7.13. The maximum absolute atomic E-state index is 13.4. The summed E-state index contributed by atoms with van der Waals surface area (Å²) in [6, 6.07) is 9.41. The van der Waals surface area contributed by atoms with Crippen molar-refractivity contribution < 1.29 is 22.4 Å². The average molecular weight is 449 g/mol. The van der Waals surface area contributed by atoms with Crippen molar-refractivity contribution >= 4 is 28.6 Å². The second kappa shape index (κ2) is 8.66. The zero-order chi connectivity index (χ0) is 22.0. The van der Waals surface area contributed by atoms with Crippen molar-refractivity contribution in [3.63, 3.8) is 0 Å². The third-order valence-electron chi connectivity index (χ3n) is 5.01. The van der Waals surface area contributed by atoms with Crippen LogP contribution in [-0.2, 0) is 17.4 Å². The number of carbonyl (C=O) groups excluding carboxylic acids is 1. The first-order chi connectivity index (χ1) is 14.8. The van der Waals surface area contributed by atoms with Gasteiger partial charge in [-0.1, -0.05) is 12.1 Å². The first-order valence-electron chi connectivity index (χ1n) is 9.76. The van der Waals surface area contributed by atoms with E-state index in [1.807, 2.05) is 4.90 Å². The summed E-state index contributed by atoms with van der Waals surface area (Å²) < 4.78 is 53.0. The molecule has 9 heteroatoms. The van der Waals surface area contributed by atoms with Gasteiger partial charge in [-0.05, 0) is 43.2 Å². The van der Waals surface area contributed by atoms with Crippen molar-refractivity contribution in [3.8, 4) is 10.6 Å². The molecule has 2 aromatic carbocycles. The van der Waals surface area contributed by atoms with Crippen molar-refractivity contribution in [3.05, 3.63) is 64.9 Å². The second-order valence-electron chi connectivity index (χ2n) is 7.30. The summed E-state index contributed by atoms with van der Waals surface area (Å²) >= 11 is 1.27. The van der Waals surface area contributed by atoms with E-state index in [-0.39, 0.29) is 17.9 Å².